The molecule has 1 aliphatic rings. The number of rotatable bonds is 6. The Labute approximate surface area is 153 Å². The van der Waals surface area contributed by atoms with Gasteiger partial charge >= 0.3 is 6.03 Å². The Bertz CT molecular complexity index is 803. The molecule has 0 aliphatic heterocycles. The molecular weight excluding hydrogens is 330 g/mol. The predicted octanol–water partition coefficient (Wildman–Crippen LogP) is 4.03. The summed E-state index contributed by atoms with van der Waals surface area (Å²) < 4.78 is 0. The third-order valence-electron chi connectivity index (χ3n) is 5.28. The first-order valence-corrected chi connectivity index (χ1v) is 8.73. The zero-order valence-electron chi connectivity index (χ0n) is 15.0. The summed E-state index contributed by atoms with van der Waals surface area (Å²) in [6.07, 6.45) is 2.14. The van der Waals surface area contributed by atoms with E-state index in [0.29, 0.717) is 6.54 Å². The lowest BCUT2D eigenvalue weighted by atomic mass is 9.96. The molecular formula is C20H23N3O3. The summed E-state index contributed by atoms with van der Waals surface area (Å²) in [5.41, 5.74) is 2.08. The molecule has 0 aromatic heterocycles. The molecule has 6 nitrogen and oxygen atoms in total. The molecule has 2 aromatic carbocycles. The number of hydrogen-bond acceptors (Lipinski definition) is 3. The van der Waals surface area contributed by atoms with Crippen molar-refractivity contribution in [1.82, 2.24) is 10.2 Å². The fourth-order valence-corrected chi connectivity index (χ4v) is 3.18. The lowest BCUT2D eigenvalue weighted by Crippen LogP contribution is -2.42. The van der Waals surface area contributed by atoms with Gasteiger partial charge in [0.05, 0.1) is 11.0 Å². The summed E-state index contributed by atoms with van der Waals surface area (Å²) in [6, 6.07) is 16.2. The summed E-state index contributed by atoms with van der Waals surface area (Å²) in [5, 5.41) is 14.0. The normalized spacial score (nSPS) is 15.8. The molecule has 1 saturated carbocycles. The van der Waals surface area contributed by atoms with Crippen molar-refractivity contribution in [3.05, 3.63) is 75.8 Å². The average Bonchev–Trinajstić information content (AvgIpc) is 3.47. The first kappa shape index (κ1) is 17.9. The molecule has 0 spiro atoms. The van der Waals surface area contributed by atoms with Crippen molar-refractivity contribution in [3.8, 4) is 0 Å². The molecule has 1 N–H and O–H groups in total. The number of benzene rings is 2. The third-order valence-corrected chi connectivity index (χ3v) is 5.28. The standard InChI is InChI=1S/C20H23N3O3/c1-15(16-7-6-10-18(13-16)23(25)26)22(2)19(24)21-14-20(11-12-20)17-8-4-3-5-9-17/h3-10,13,15H,11-12,14H2,1-2H3,(H,21,24)/t15-/m0/s1. The Morgan fingerprint density at radius 1 is 1.23 bits per heavy atom. The highest BCUT2D eigenvalue weighted by Gasteiger charge is 2.44. The van der Waals surface area contributed by atoms with E-state index in [2.05, 4.69) is 17.4 Å². The van der Waals surface area contributed by atoms with Crippen molar-refractivity contribution in [1.29, 1.82) is 0 Å². The second kappa shape index (κ2) is 7.15. The van der Waals surface area contributed by atoms with Crippen LogP contribution in [0.1, 0.15) is 36.9 Å². The van der Waals surface area contributed by atoms with Crippen molar-refractivity contribution in [2.75, 3.05) is 13.6 Å². The Kier molecular flexibility index (Phi) is 4.93. The van der Waals surface area contributed by atoms with E-state index in [0.717, 1.165) is 18.4 Å². The van der Waals surface area contributed by atoms with Crippen molar-refractivity contribution < 1.29 is 9.72 Å². The number of hydrogen-bond donors (Lipinski definition) is 1. The van der Waals surface area contributed by atoms with Gasteiger partial charge in [-0.25, -0.2) is 4.79 Å². The molecule has 0 saturated heterocycles. The molecule has 0 unspecified atom stereocenters. The van der Waals surface area contributed by atoms with E-state index in [4.69, 9.17) is 0 Å². The van der Waals surface area contributed by atoms with Crippen LogP contribution in [0.15, 0.2) is 54.6 Å². The number of nitro groups is 1. The molecule has 0 heterocycles. The zero-order chi connectivity index (χ0) is 18.7. The van der Waals surface area contributed by atoms with Gasteiger partial charge in [-0.15, -0.1) is 0 Å². The number of urea groups is 1. The minimum atomic E-state index is -0.424. The lowest BCUT2D eigenvalue weighted by Gasteiger charge is -2.27. The van der Waals surface area contributed by atoms with Gasteiger partial charge in [-0.2, -0.15) is 0 Å². The molecule has 1 aliphatic carbocycles. The van der Waals surface area contributed by atoms with Crippen LogP contribution in [0, 0.1) is 10.1 Å². The van der Waals surface area contributed by atoms with Gasteiger partial charge in [0.25, 0.3) is 5.69 Å². The van der Waals surface area contributed by atoms with Crippen molar-refractivity contribution in [3.63, 3.8) is 0 Å². The summed E-state index contributed by atoms with van der Waals surface area (Å²) >= 11 is 0. The van der Waals surface area contributed by atoms with Crippen LogP contribution >= 0.6 is 0 Å². The van der Waals surface area contributed by atoms with Gasteiger partial charge in [0.1, 0.15) is 0 Å². The van der Waals surface area contributed by atoms with E-state index >= 15 is 0 Å². The highest BCUT2D eigenvalue weighted by atomic mass is 16.6. The predicted molar refractivity (Wildman–Crippen MR) is 100 cm³/mol. The summed E-state index contributed by atoms with van der Waals surface area (Å²) in [5.74, 6) is 0. The second-order valence-electron chi connectivity index (χ2n) is 6.94. The molecule has 136 valence electrons. The van der Waals surface area contributed by atoms with Crippen LogP contribution in [0.4, 0.5) is 10.5 Å². The highest BCUT2D eigenvalue weighted by molar-refractivity contribution is 5.74. The van der Waals surface area contributed by atoms with Crippen LogP contribution in [0.25, 0.3) is 0 Å². The van der Waals surface area contributed by atoms with Gasteiger partial charge in [-0.3, -0.25) is 10.1 Å². The minimum Gasteiger partial charge on any atom is -0.337 e. The van der Waals surface area contributed by atoms with Gasteiger partial charge < -0.3 is 10.2 Å². The van der Waals surface area contributed by atoms with E-state index in [1.54, 1.807) is 24.1 Å². The fourth-order valence-electron chi connectivity index (χ4n) is 3.18. The lowest BCUT2D eigenvalue weighted by molar-refractivity contribution is -0.384. The zero-order valence-corrected chi connectivity index (χ0v) is 15.0. The number of carbonyl (C=O) groups is 1. The smallest absolute Gasteiger partial charge is 0.317 e. The minimum absolute atomic E-state index is 0.0316. The molecule has 3 rings (SSSR count). The SMILES string of the molecule is C[C@@H](c1cccc([N+](=O)[O-])c1)N(C)C(=O)NCC1(c2ccccc2)CC1. The maximum atomic E-state index is 12.6. The topological polar surface area (TPSA) is 75.5 Å². The van der Waals surface area contributed by atoms with Crippen molar-refractivity contribution in [2.45, 2.75) is 31.2 Å². The third kappa shape index (κ3) is 3.69. The number of non-ortho nitro benzene ring substituents is 1. The van der Waals surface area contributed by atoms with Gasteiger partial charge in [-0.1, -0.05) is 42.5 Å². The molecule has 6 heteroatoms. The number of nitrogens with zero attached hydrogens (tertiary/aromatic N) is 2. The summed E-state index contributed by atoms with van der Waals surface area (Å²) in [4.78, 5) is 24.7. The molecule has 2 amide bonds. The fraction of sp³-hybridized carbons (Fsp3) is 0.350. The van der Waals surface area contributed by atoms with E-state index in [-0.39, 0.29) is 23.2 Å². The monoisotopic (exact) mass is 353 g/mol. The second-order valence-corrected chi connectivity index (χ2v) is 6.94. The van der Waals surface area contributed by atoms with Gasteiger partial charge in [0.15, 0.2) is 0 Å². The Hall–Kier alpha value is -2.89. The van der Waals surface area contributed by atoms with Crippen LogP contribution in [0.3, 0.4) is 0 Å². The van der Waals surface area contributed by atoms with Crippen molar-refractivity contribution >= 4 is 11.7 Å². The molecule has 1 fully saturated rings. The summed E-state index contributed by atoms with van der Waals surface area (Å²) in [7, 11) is 1.71. The Morgan fingerprint density at radius 3 is 2.54 bits per heavy atom. The number of carbonyl (C=O) groups excluding carboxylic acids is 1. The number of nitrogens with one attached hydrogen (secondary N) is 1. The highest BCUT2D eigenvalue weighted by Crippen LogP contribution is 2.47. The van der Waals surface area contributed by atoms with Crippen molar-refractivity contribution in [2.24, 2.45) is 0 Å². The van der Waals surface area contributed by atoms with Crippen LogP contribution in [0.2, 0.25) is 0 Å². The molecule has 1 atom stereocenters. The number of nitro benzene ring substituents is 1. The van der Waals surface area contributed by atoms with Gasteiger partial charge in [-0.05, 0) is 30.9 Å². The summed E-state index contributed by atoms with van der Waals surface area (Å²) in [6.45, 7) is 2.46. The largest absolute Gasteiger partial charge is 0.337 e. The van der Waals surface area contributed by atoms with Crippen LogP contribution < -0.4 is 5.32 Å². The van der Waals surface area contributed by atoms with E-state index in [1.165, 1.54) is 17.7 Å². The average molecular weight is 353 g/mol. The van der Waals surface area contributed by atoms with E-state index in [1.807, 2.05) is 25.1 Å². The van der Waals surface area contributed by atoms with Crippen LogP contribution in [0.5, 0.6) is 0 Å². The van der Waals surface area contributed by atoms with Crippen LogP contribution in [-0.4, -0.2) is 29.4 Å². The molecule has 2 aromatic rings. The quantitative estimate of drug-likeness (QED) is 0.629. The molecule has 0 radical (unpaired) electrons. The van der Waals surface area contributed by atoms with E-state index < -0.39 is 4.92 Å². The van der Waals surface area contributed by atoms with Gasteiger partial charge in [0, 0.05) is 31.1 Å². The first-order valence-electron chi connectivity index (χ1n) is 8.73. The maximum Gasteiger partial charge on any atom is 0.317 e. The molecule has 0 bridgehead atoms. The molecule has 26 heavy (non-hydrogen) atoms. The Morgan fingerprint density at radius 2 is 1.92 bits per heavy atom. The maximum absolute atomic E-state index is 12.6. The van der Waals surface area contributed by atoms with Crippen LogP contribution in [-0.2, 0) is 5.41 Å². The van der Waals surface area contributed by atoms with E-state index in [9.17, 15) is 14.9 Å². The van der Waals surface area contributed by atoms with Gasteiger partial charge in [0.2, 0.25) is 0 Å². The number of amides is 2. The Balaban J connectivity index is 1.63. The first-order chi connectivity index (χ1) is 12.4.